The summed E-state index contributed by atoms with van der Waals surface area (Å²) >= 11 is 0. The second kappa shape index (κ2) is 12.5. The lowest BCUT2D eigenvalue weighted by Gasteiger charge is -2.33. The molecule has 0 atom stereocenters. The summed E-state index contributed by atoms with van der Waals surface area (Å²) in [5, 5.41) is 3.72. The van der Waals surface area contributed by atoms with Crippen LogP contribution < -0.4 is 5.32 Å². The van der Waals surface area contributed by atoms with Gasteiger partial charge in [-0.2, -0.15) is 0 Å². The molecule has 1 heteroatoms. The van der Waals surface area contributed by atoms with Crippen molar-refractivity contribution in [2.24, 2.45) is 5.41 Å². The quantitative estimate of drug-likeness (QED) is 0.384. The van der Waals surface area contributed by atoms with Crippen LogP contribution in [0.25, 0.3) is 0 Å². The summed E-state index contributed by atoms with van der Waals surface area (Å²) in [4.78, 5) is 0. The predicted molar refractivity (Wildman–Crippen MR) is 95.9 cm³/mol. The lowest BCUT2D eigenvalue weighted by molar-refractivity contribution is 0.208. The van der Waals surface area contributed by atoms with Gasteiger partial charge in [0.2, 0.25) is 0 Å². The first-order valence-electron chi connectivity index (χ1n) is 9.97. The third-order valence-electron chi connectivity index (χ3n) is 5.32. The highest BCUT2D eigenvalue weighted by atomic mass is 14.9. The van der Waals surface area contributed by atoms with Crippen LogP contribution in [0.5, 0.6) is 0 Å². The molecule has 0 aromatic heterocycles. The molecule has 0 aliphatic heterocycles. The Labute approximate surface area is 134 Å². The smallest absolute Gasteiger partial charge is 0.000516 e. The molecule has 1 N–H and O–H groups in total. The summed E-state index contributed by atoms with van der Waals surface area (Å²) in [7, 11) is 0. The third-order valence-corrected chi connectivity index (χ3v) is 5.32. The van der Waals surface area contributed by atoms with Crippen molar-refractivity contribution in [3.63, 3.8) is 0 Å². The van der Waals surface area contributed by atoms with Crippen molar-refractivity contribution in [1.82, 2.24) is 5.32 Å². The summed E-state index contributed by atoms with van der Waals surface area (Å²) in [5.74, 6) is 0. The Kier molecular flexibility index (Phi) is 11.3. The second-order valence-corrected chi connectivity index (χ2v) is 7.73. The van der Waals surface area contributed by atoms with Gasteiger partial charge in [-0.3, -0.25) is 0 Å². The molecule has 1 saturated carbocycles. The van der Waals surface area contributed by atoms with Crippen LogP contribution in [0.15, 0.2) is 0 Å². The normalized spacial score (nSPS) is 18.0. The SMILES string of the molecule is CCCCCCCCCCCCNCC1(C)CCCCC1. The molecular weight excluding hydrogens is 254 g/mol. The Morgan fingerprint density at radius 2 is 1.24 bits per heavy atom. The predicted octanol–water partition coefficient (Wildman–Crippen LogP) is 6.47. The maximum absolute atomic E-state index is 3.72. The second-order valence-electron chi connectivity index (χ2n) is 7.73. The highest BCUT2D eigenvalue weighted by Crippen LogP contribution is 2.34. The van der Waals surface area contributed by atoms with E-state index in [1.807, 2.05) is 0 Å². The molecule has 0 unspecified atom stereocenters. The lowest BCUT2D eigenvalue weighted by atomic mass is 9.76. The van der Waals surface area contributed by atoms with Gasteiger partial charge in [-0.1, -0.05) is 90.9 Å². The van der Waals surface area contributed by atoms with Crippen molar-refractivity contribution in [2.45, 2.75) is 110 Å². The van der Waals surface area contributed by atoms with E-state index >= 15 is 0 Å². The highest BCUT2D eigenvalue weighted by molar-refractivity contribution is 4.80. The fraction of sp³-hybridized carbons (Fsp3) is 1.00. The summed E-state index contributed by atoms with van der Waals surface area (Å²) in [6.07, 6.45) is 21.6. The van der Waals surface area contributed by atoms with Crippen molar-refractivity contribution in [3.05, 3.63) is 0 Å². The fourth-order valence-electron chi connectivity index (χ4n) is 3.71. The minimum atomic E-state index is 0.608. The van der Waals surface area contributed by atoms with Crippen LogP contribution in [-0.2, 0) is 0 Å². The molecule has 0 bridgehead atoms. The Morgan fingerprint density at radius 3 is 1.81 bits per heavy atom. The largest absolute Gasteiger partial charge is 0.316 e. The van der Waals surface area contributed by atoms with Crippen LogP contribution in [-0.4, -0.2) is 13.1 Å². The van der Waals surface area contributed by atoms with Crippen molar-refractivity contribution >= 4 is 0 Å². The molecular formula is C20H41N. The Hall–Kier alpha value is -0.0400. The van der Waals surface area contributed by atoms with Gasteiger partial charge < -0.3 is 5.32 Å². The maximum Gasteiger partial charge on any atom is 0.000516 e. The molecule has 1 aliphatic carbocycles. The summed E-state index contributed by atoms with van der Waals surface area (Å²) in [6.45, 7) is 7.27. The first kappa shape index (κ1) is 19.0. The molecule has 21 heavy (non-hydrogen) atoms. The van der Waals surface area contributed by atoms with E-state index in [0.717, 1.165) is 0 Å². The first-order valence-corrected chi connectivity index (χ1v) is 9.97. The molecule has 0 spiro atoms. The first-order chi connectivity index (χ1) is 10.3. The van der Waals surface area contributed by atoms with E-state index < -0.39 is 0 Å². The van der Waals surface area contributed by atoms with Crippen LogP contribution in [0.3, 0.4) is 0 Å². The number of nitrogens with one attached hydrogen (secondary N) is 1. The number of hydrogen-bond donors (Lipinski definition) is 1. The van der Waals surface area contributed by atoms with Crippen molar-refractivity contribution in [3.8, 4) is 0 Å². The Morgan fingerprint density at radius 1 is 0.714 bits per heavy atom. The number of hydrogen-bond acceptors (Lipinski definition) is 1. The third kappa shape index (κ3) is 10.3. The molecule has 1 aliphatic rings. The summed E-state index contributed by atoms with van der Waals surface area (Å²) in [6, 6.07) is 0. The van der Waals surface area contributed by atoms with Crippen LogP contribution in [0, 0.1) is 5.41 Å². The van der Waals surface area contributed by atoms with E-state index in [-0.39, 0.29) is 0 Å². The van der Waals surface area contributed by atoms with Crippen molar-refractivity contribution in [2.75, 3.05) is 13.1 Å². The van der Waals surface area contributed by atoms with Crippen LogP contribution in [0.4, 0.5) is 0 Å². The van der Waals surface area contributed by atoms with Gasteiger partial charge in [-0.15, -0.1) is 0 Å². The number of rotatable bonds is 13. The minimum absolute atomic E-state index is 0.608. The molecule has 0 amide bonds. The summed E-state index contributed by atoms with van der Waals surface area (Å²) in [5.41, 5.74) is 0.608. The van der Waals surface area contributed by atoms with E-state index in [1.165, 1.54) is 109 Å². The van der Waals surface area contributed by atoms with Gasteiger partial charge in [0.05, 0.1) is 0 Å². The van der Waals surface area contributed by atoms with E-state index in [0.29, 0.717) is 5.41 Å². The molecule has 0 heterocycles. The van der Waals surface area contributed by atoms with Gasteiger partial charge in [0.15, 0.2) is 0 Å². The van der Waals surface area contributed by atoms with E-state index in [1.54, 1.807) is 0 Å². The topological polar surface area (TPSA) is 12.0 Å². The average molecular weight is 296 g/mol. The molecule has 0 radical (unpaired) electrons. The van der Waals surface area contributed by atoms with Gasteiger partial charge in [0.25, 0.3) is 0 Å². The van der Waals surface area contributed by atoms with Gasteiger partial charge in [0, 0.05) is 6.54 Å². The van der Waals surface area contributed by atoms with Gasteiger partial charge in [0.1, 0.15) is 0 Å². The minimum Gasteiger partial charge on any atom is -0.316 e. The zero-order valence-corrected chi connectivity index (χ0v) is 15.0. The van der Waals surface area contributed by atoms with Crippen LogP contribution in [0.2, 0.25) is 0 Å². The van der Waals surface area contributed by atoms with E-state index in [9.17, 15) is 0 Å². The molecule has 126 valence electrons. The van der Waals surface area contributed by atoms with Crippen LogP contribution in [0.1, 0.15) is 110 Å². The zero-order chi connectivity index (χ0) is 15.2. The standard InChI is InChI=1S/C20H41N/c1-3-4-5-6-7-8-9-10-11-15-18-21-19-20(2)16-13-12-14-17-20/h21H,3-19H2,1-2H3. The molecule has 0 saturated heterocycles. The zero-order valence-electron chi connectivity index (χ0n) is 15.0. The van der Waals surface area contributed by atoms with Crippen LogP contribution >= 0.6 is 0 Å². The molecule has 1 fully saturated rings. The highest BCUT2D eigenvalue weighted by Gasteiger charge is 2.25. The van der Waals surface area contributed by atoms with Gasteiger partial charge in [-0.25, -0.2) is 0 Å². The molecule has 0 aromatic carbocycles. The number of unbranched alkanes of at least 4 members (excludes halogenated alkanes) is 9. The Balaban J connectivity index is 1.78. The Bertz CT molecular complexity index is 218. The van der Waals surface area contributed by atoms with Gasteiger partial charge >= 0.3 is 0 Å². The molecule has 1 nitrogen and oxygen atoms in total. The van der Waals surface area contributed by atoms with E-state index in [4.69, 9.17) is 0 Å². The maximum atomic E-state index is 3.72. The van der Waals surface area contributed by atoms with Gasteiger partial charge in [-0.05, 0) is 31.2 Å². The average Bonchev–Trinajstić information content (AvgIpc) is 2.49. The monoisotopic (exact) mass is 295 g/mol. The fourth-order valence-corrected chi connectivity index (χ4v) is 3.71. The summed E-state index contributed by atoms with van der Waals surface area (Å²) < 4.78 is 0. The van der Waals surface area contributed by atoms with Crippen molar-refractivity contribution < 1.29 is 0 Å². The van der Waals surface area contributed by atoms with Crippen molar-refractivity contribution in [1.29, 1.82) is 0 Å². The lowest BCUT2D eigenvalue weighted by Crippen LogP contribution is -2.34. The molecule has 0 aromatic rings. The molecule has 1 rings (SSSR count). The van der Waals surface area contributed by atoms with E-state index in [2.05, 4.69) is 19.2 Å².